The molecule has 35 heavy (non-hydrogen) atoms. The van der Waals surface area contributed by atoms with Crippen molar-refractivity contribution < 1.29 is 18.8 Å². The Morgan fingerprint density at radius 3 is 2.74 bits per heavy atom. The quantitative estimate of drug-likeness (QED) is 0.506. The van der Waals surface area contributed by atoms with Crippen molar-refractivity contribution in [2.75, 3.05) is 19.6 Å². The van der Waals surface area contributed by atoms with Crippen LogP contribution in [0.15, 0.2) is 59.7 Å². The molecule has 1 fully saturated rings. The lowest BCUT2D eigenvalue weighted by molar-refractivity contribution is -0.133. The smallest absolute Gasteiger partial charge is 0.256 e. The largest absolute Gasteiger partial charge is 0.348 e. The van der Waals surface area contributed by atoms with Gasteiger partial charge in [-0.2, -0.15) is 0 Å². The number of fused-ring (bicyclic) bond motifs is 2. The average molecular weight is 539 g/mol. The molecule has 2 aliphatic rings. The first kappa shape index (κ1) is 23.3. The van der Waals surface area contributed by atoms with Gasteiger partial charge in [-0.05, 0) is 47.9 Å². The molecule has 9 heteroatoms. The topological polar surface area (TPSA) is 74.6 Å². The number of likely N-dealkylation sites (tertiary alicyclic amines) is 1. The van der Waals surface area contributed by atoms with Crippen LogP contribution in [0, 0.1) is 5.82 Å². The highest BCUT2D eigenvalue weighted by molar-refractivity contribution is 9.10. The molecule has 1 N–H and O–H groups in total. The van der Waals surface area contributed by atoms with Gasteiger partial charge in [0, 0.05) is 47.8 Å². The van der Waals surface area contributed by atoms with Crippen LogP contribution in [-0.2, 0) is 29.1 Å². The zero-order chi connectivity index (χ0) is 24.7. The van der Waals surface area contributed by atoms with Gasteiger partial charge >= 0.3 is 0 Å². The van der Waals surface area contributed by atoms with Crippen molar-refractivity contribution >= 4 is 44.6 Å². The molecule has 0 radical (unpaired) electrons. The van der Waals surface area contributed by atoms with Gasteiger partial charge in [0.05, 0.1) is 11.6 Å². The van der Waals surface area contributed by atoms with Gasteiger partial charge in [0.1, 0.15) is 12.4 Å². The molecular formula is C26H24BrFN4O3. The molecule has 0 saturated carbocycles. The first-order chi connectivity index (χ1) is 16.8. The lowest BCUT2D eigenvalue weighted by atomic mass is 9.98. The fraction of sp³-hybridized carbons (Fsp3) is 0.269. The molecule has 0 spiro atoms. The number of nitrogens with zero attached hydrogens (tertiary/aromatic N) is 3. The summed E-state index contributed by atoms with van der Waals surface area (Å²) in [5.74, 6) is -0.727. The summed E-state index contributed by atoms with van der Waals surface area (Å²) in [5.41, 5.74) is 2.76. The van der Waals surface area contributed by atoms with E-state index >= 15 is 0 Å². The molecule has 1 aromatic heterocycles. The van der Waals surface area contributed by atoms with Crippen LogP contribution in [-0.4, -0.2) is 57.8 Å². The number of rotatable bonds is 5. The highest BCUT2D eigenvalue weighted by Gasteiger charge is 2.31. The number of benzene rings is 2. The van der Waals surface area contributed by atoms with Crippen molar-refractivity contribution in [2.45, 2.75) is 25.6 Å². The van der Waals surface area contributed by atoms with Gasteiger partial charge in [0.25, 0.3) is 5.91 Å². The van der Waals surface area contributed by atoms with Gasteiger partial charge in [-0.1, -0.05) is 34.6 Å². The summed E-state index contributed by atoms with van der Waals surface area (Å²) in [6.07, 6.45) is 3.44. The minimum atomic E-state index is -0.232. The lowest BCUT2D eigenvalue weighted by Gasteiger charge is -2.38. The van der Waals surface area contributed by atoms with E-state index in [2.05, 4.69) is 27.8 Å². The van der Waals surface area contributed by atoms with Gasteiger partial charge in [-0.3, -0.25) is 14.4 Å². The number of carbonyl (C=O) groups excluding carboxylic acids is 3. The minimum Gasteiger partial charge on any atom is -0.348 e. The molecule has 0 atom stereocenters. The Hall–Kier alpha value is -3.46. The second kappa shape index (κ2) is 9.30. The van der Waals surface area contributed by atoms with E-state index < -0.39 is 0 Å². The van der Waals surface area contributed by atoms with Crippen LogP contribution in [0.4, 0.5) is 4.39 Å². The Kier molecular flexibility index (Phi) is 6.19. The van der Waals surface area contributed by atoms with E-state index in [1.54, 1.807) is 26.6 Å². The minimum absolute atomic E-state index is 0.0470. The molecule has 3 amide bonds. The zero-order valence-corrected chi connectivity index (χ0v) is 20.6. The molecule has 3 heterocycles. The van der Waals surface area contributed by atoms with Gasteiger partial charge in [0.15, 0.2) is 0 Å². The van der Waals surface area contributed by atoms with E-state index in [4.69, 9.17) is 0 Å². The molecule has 180 valence electrons. The molecule has 7 nitrogen and oxygen atoms in total. The second-order valence-corrected chi connectivity index (χ2v) is 9.81. The van der Waals surface area contributed by atoms with Crippen LogP contribution in [0.25, 0.3) is 10.9 Å². The number of carbonyl (C=O) groups is 3. The Morgan fingerprint density at radius 1 is 1.17 bits per heavy atom. The number of hydrogen-bond donors (Lipinski definition) is 1. The van der Waals surface area contributed by atoms with E-state index in [1.807, 2.05) is 24.3 Å². The third-order valence-corrected chi connectivity index (χ3v) is 7.11. The van der Waals surface area contributed by atoms with Gasteiger partial charge in [0.2, 0.25) is 11.8 Å². The van der Waals surface area contributed by atoms with Crippen LogP contribution < -0.4 is 5.32 Å². The van der Waals surface area contributed by atoms with E-state index in [-0.39, 0.29) is 36.1 Å². The Bertz CT molecular complexity index is 1360. The van der Waals surface area contributed by atoms with Crippen molar-refractivity contribution in [2.24, 2.45) is 0 Å². The third kappa shape index (κ3) is 4.48. The van der Waals surface area contributed by atoms with Crippen molar-refractivity contribution in [1.29, 1.82) is 0 Å². The average Bonchev–Trinajstić information content (AvgIpc) is 3.17. The lowest BCUT2D eigenvalue weighted by Crippen LogP contribution is -2.61. The highest BCUT2D eigenvalue weighted by Crippen LogP contribution is 2.29. The standard InChI is InChI=1S/C26H24BrFN4O3/c1-2-25(34)32-12-18(13-32)29-24(33)15-31-14-21(20-10-17(27)6-7-23(20)31)26(35)30-9-8-19-16(11-30)4-3-5-22(19)28/h2-7,10,14,18H,1,8-9,11-13,15H2,(H,29,33). The fourth-order valence-corrected chi connectivity index (χ4v) is 5.15. The number of hydrogen-bond acceptors (Lipinski definition) is 3. The molecule has 3 aromatic rings. The Labute approximate surface area is 210 Å². The fourth-order valence-electron chi connectivity index (χ4n) is 4.78. The molecular weight excluding hydrogens is 515 g/mol. The molecule has 0 aliphatic carbocycles. The monoisotopic (exact) mass is 538 g/mol. The highest BCUT2D eigenvalue weighted by atomic mass is 79.9. The molecule has 5 rings (SSSR count). The van der Waals surface area contributed by atoms with Crippen molar-refractivity contribution in [3.63, 3.8) is 0 Å². The summed E-state index contributed by atoms with van der Waals surface area (Å²) >= 11 is 3.48. The first-order valence-corrected chi connectivity index (χ1v) is 12.2. The number of nitrogens with one attached hydrogen (secondary N) is 1. The summed E-state index contributed by atoms with van der Waals surface area (Å²) in [5, 5.41) is 3.68. The second-order valence-electron chi connectivity index (χ2n) is 8.90. The maximum atomic E-state index is 14.1. The predicted octanol–water partition coefficient (Wildman–Crippen LogP) is 3.25. The van der Waals surface area contributed by atoms with Crippen LogP contribution in [0.2, 0.25) is 0 Å². The third-order valence-electron chi connectivity index (χ3n) is 6.62. The van der Waals surface area contributed by atoms with Crippen molar-refractivity contribution in [3.05, 3.63) is 82.2 Å². The van der Waals surface area contributed by atoms with E-state index in [1.165, 1.54) is 12.1 Å². The van der Waals surface area contributed by atoms with E-state index in [0.717, 1.165) is 20.9 Å². The summed E-state index contributed by atoms with van der Waals surface area (Å²) in [6, 6.07) is 10.5. The van der Waals surface area contributed by atoms with Gasteiger partial charge < -0.3 is 19.7 Å². The zero-order valence-electron chi connectivity index (χ0n) is 19.0. The van der Waals surface area contributed by atoms with E-state index in [0.29, 0.717) is 43.7 Å². The van der Waals surface area contributed by atoms with Gasteiger partial charge in [-0.25, -0.2) is 4.39 Å². The Morgan fingerprint density at radius 2 is 1.97 bits per heavy atom. The summed E-state index contributed by atoms with van der Waals surface area (Å²) in [6.45, 7) is 5.20. The summed E-state index contributed by atoms with van der Waals surface area (Å²) < 4.78 is 16.7. The van der Waals surface area contributed by atoms with Crippen LogP contribution in [0.5, 0.6) is 0 Å². The maximum Gasteiger partial charge on any atom is 0.256 e. The molecule has 2 aliphatic heterocycles. The SMILES string of the molecule is C=CC(=O)N1CC(NC(=O)Cn2cc(C(=O)N3CCc4c(F)cccc4C3)c3cc(Br)ccc32)C1. The van der Waals surface area contributed by atoms with Crippen LogP contribution >= 0.6 is 15.9 Å². The Balaban J connectivity index is 1.35. The summed E-state index contributed by atoms with van der Waals surface area (Å²) in [7, 11) is 0. The molecule has 0 unspecified atom stereocenters. The van der Waals surface area contributed by atoms with Gasteiger partial charge in [-0.15, -0.1) is 0 Å². The first-order valence-electron chi connectivity index (χ1n) is 11.4. The summed E-state index contributed by atoms with van der Waals surface area (Å²) in [4.78, 5) is 41.2. The molecule has 2 aromatic carbocycles. The number of halogens is 2. The molecule has 0 bridgehead atoms. The predicted molar refractivity (Wildman–Crippen MR) is 133 cm³/mol. The van der Waals surface area contributed by atoms with Crippen LogP contribution in [0.1, 0.15) is 21.5 Å². The normalized spacial score (nSPS) is 15.5. The number of aromatic nitrogens is 1. The van der Waals surface area contributed by atoms with Crippen molar-refractivity contribution in [1.82, 2.24) is 19.7 Å². The maximum absolute atomic E-state index is 14.1. The van der Waals surface area contributed by atoms with E-state index in [9.17, 15) is 18.8 Å². The van der Waals surface area contributed by atoms with Crippen molar-refractivity contribution in [3.8, 4) is 0 Å². The number of amides is 3. The van der Waals surface area contributed by atoms with Crippen LogP contribution in [0.3, 0.4) is 0 Å². The molecule has 1 saturated heterocycles.